The molecule has 4 N–H and O–H groups in total. The zero-order chi connectivity index (χ0) is 27.1. The van der Waals surface area contributed by atoms with Gasteiger partial charge in [0.2, 0.25) is 0 Å². The van der Waals surface area contributed by atoms with Crippen LogP contribution in [0.3, 0.4) is 0 Å². The molecular formula is C29H42O9. The third-order valence-corrected chi connectivity index (χ3v) is 11.8. The number of ether oxygens (including phenoxy) is 3. The van der Waals surface area contributed by atoms with Crippen LogP contribution >= 0.6 is 0 Å². The highest BCUT2D eigenvalue weighted by Crippen LogP contribution is 2.70. The summed E-state index contributed by atoms with van der Waals surface area (Å²) in [5, 5.41) is 44.8. The first kappa shape index (κ1) is 26.8. The quantitative estimate of drug-likeness (QED) is 0.241. The highest BCUT2D eigenvalue weighted by atomic mass is 16.7. The van der Waals surface area contributed by atoms with E-state index in [0.717, 1.165) is 31.1 Å². The van der Waals surface area contributed by atoms with Crippen molar-refractivity contribution in [3.05, 3.63) is 11.6 Å². The molecule has 9 nitrogen and oxygen atoms in total. The van der Waals surface area contributed by atoms with Gasteiger partial charge < -0.3 is 39.4 Å². The van der Waals surface area contributed by atoms with Crippen LogP contribution in [-0.4, -0.2) is 81.2 Å². The lowest BCUT2D eigenvalue weighted by Crippen LogP contribution is -2.69. The molecule has 0 unspecified atom stereocenters. The molecule has 0 spiro atoms. The number of rotatable bonds is 4. The van der Waals surface area contributed by atoms with E-state index in [2.05, 4.69) is 6.92 Å². The Bertz CT molecular complexity index is 1010. The first-order chi connectivity index (χ1) is 18.0. The van der Waals surface area contributed by atoms with Gasteiger partial charge in [-0.3, -0.25) is 0 Å². The summed E-state index contributed by atoms with van der Waals surface area (Å²) in [5.41, 5.74) is -2.65. The van der Waals surface area contributed by atoms with Gasteiger partial charge in [0.05, 0.1) is 34.9 Å². The molecule has 9 heteroatoms. The fraction of sp³-hybridized carbons (Fsp3) is 0.862. The number of carbonyl (C=O) groups excluding carboxylic acids is 2. The van der Waals surface area contributed by atoms with Crippen LogP contribution in [0.25, 0.3) is 0 Å². The lowest BCUT2D eigenvalue weighted by atomic mass is 9.41. The number of hydrogen-bond acceptors (Lipinski definition) is 9. The Hall–Kier alpha value is -1.36. The number of aldehydes is 1. The van der Waals surface area contributed by atoms with Gasteiger partial charge in [0, 0.05) is 24.3 Å². The topological polar surface area (TPSA) is 143 Å². The number of aliphatic hydroxyl groups is 4. The third-order valence-electron chi connectivity index (χ3n) is 11.8. The molecule has 5 fully saturated rings. The summed E-state index contributed by atoms with van der Waals surface area (Å²) in [6.45, 7) is 4.17. The van der Waals surface area contributed by atoms with Gasteiger partial charge in [0.1, 0.15) is 19.0 Å². The van der Waals surface area contributed by atoms with Crippen molar-refractivity contribution in [2.24, 2.45) is 28.6 Å². The Balaban J connectivity index is 1.22. The molecule has 0 radical (unpaired) electrons. The molecule has 0 bridgehead atoms. The summed E-state index contributed by atoms with van der Waals surface area (Å²) in [6, 6.07) is 0. The molecule has 6 rings (SSSR count). The van der Waals surface area contributed by atoms with E-state index in [-0.39, 0.29) is 42.7 Å². The lowest BCUT2D eigenvalue weighted by molar-refractivity contribution is -0.297. The van der Waals surface area contributed by atoms with Gasteiger partial charge in [-0.25, -0.2) is 4.79 Å². The molecule has 38 heavy (non-hydrogen) atoms. The molecule has 4 saturated carbocycles. The highest BCUT2D eigenvalue weighted by Gasteiger charge is 2.71. The zero-order valence-electron chi connectivity index (χ0n) is 22.4. The molecule has 1 saturated heterocycles. The summed E-state index contributed by atoms with van der Waals surface area (Å²) < 4.78 is 17.0. The van der Waals surface area contributed by atoms with E-state index in [9.17, 15) is 30.0 Å². The largest absolute Gasteiger partial charge is 0.458 e. The fourth-order valence-corrected chi connectivity index (χ4v) is 9.69. The number of cyclic esters (lactones) is 1. The van der Waals surface area contributed by atoms with Crippen LogP contribution in [0.4, 0.5) is 0 Å². The van der Waals surface area contributed by atoms with E-state index in [1.807, 2.05) is 0 Å². The first-order valence-corrected chi connectivity index (χ1v) is 14.4. The smallest absolute Gasteiger partial charge is 0.331 e. The molecular weight excluding hydrogens is 492 g/mol. The van der Waals surface area contributed by atoms with Gasteiger partial charge in [-0.15, -0.1) is 0 Å². The van der Waals surface area contributed by atoms with Gasteiger partial charge in [-0.2, -0.15) is 0 Å². The van der Waals surface area contributed by atoms with E-state index in [0.29, 0.717) is 38.7 Å². The van der Waals surface area contributed by atoms with Crippen molar-refractivity contribution in [1.29, 1.82) is 0 Å². The van der Waals surface area contributed by atoms with Crippen molar-refractivity contribution in [2.75, 3.05) is 6.61 Å². The fourth-order valence-electron chi connectivity index (χ4n) is 9.69. The number of esters is 1. The molecule has 212 valence electrons. The number of fused-ring (bicyclic) bond motifs is 5. The second kappa shape index (κ2) is 9.08. The maximum absolute atomic E-state index is 13.0. The number of aliphatic hydroxyl groups excluding tert-OH is 2. The normalized spacial score (nSPS) is 54.4. The van der Waals surface area contributed by atoms with Gasteiger partial charge in [0.15, 0.2) is 6.29 Å². The SMILES string of the molecule is C[C@H]1O[C@@H](O[C@H]2CC[C@]3(C=O)[C@H]4CC[C@]5(C)[C@@H](C6=CC(=O)OC6)CC[C@]5(O)[C@@H]4CC[C@]3(O)C2)[C@H](O)C[C@@H]1O. The molecule has 2 heterocycles. The van der Waals surface area contributed by atoms with Crippen molar-refractivity contribution in [1.82, 2.24) is 0 Å². The number of hydrogen-bond donors (Lipinski definition) is 4. The summed E-state index contributed by atoms with van der Waals surface area (Å²) in [4.78, 5) is 24.7. The molecule has 0 aromatic rings. The van der Waals surface area contributed by atoms with E-state index in [1.165, 1.54) is 0 Å². The average Bonchev–Trinajstić information content (AvgIpc) is 3.41. The van der Waals surface area contributed by atoms with Crippen LogP contribution in [0.1, 0.15) is 78.1 Å². The standard InChI is InChI=1S/C29H42O9/c1-16-22(31)12-23(32)25(37-16)38-18-3-8-27(15-30)20-4-7-26(2)19(17-11-24(33)36-14-17)6-10-29(26,35)21(20)5-9-28(27,34)13-18/h11,15-16,18-23,25,31-32,34-35H,3-10,12-14H2,1-2H3/t16-,18+,19-,20+,21-,22+,23-,25+,26-,27+,28+,29+/m1/s1. The van der Waals surface area contributed by atoms with Crippen LogP contribution in [0.15, 0.2) is 11.6 Å². The lowest BCUT2D eigenvalue weighted by Gasteiger charge is -2.65. The monoisotopic (exact) mass is 534 g/mol. The predicted molar refractivity (Wildman–Crippen MR) is 133 cm³/mol. The van der Waals surface area contributed by atoms with Crippen molar-refractivity contribution >= 4 is 12.3 Å². The van der Waals surface area contributed by atoms with Crippen LogP contribution in [0.5, 0.6) is 0 Å². The molecule has 6 aliphatic rings. The zero-order valence-corrected chi connectivity index (χ0v) is 22.4. The molecule has 0 amide bonds. The first-order valence-electron chi connectivity index (χ1n) is 14.4. The maximum Gasteiger partial charge on any atom is 0.331 e. The summed E-state index contributed by atoms with van der Waals surface area (Å²) >= 11 is 0. The Kier molecular flexibility index (Phi) is 6.41. The Morgan fingerprint density at radius 3 is 2.50 bits per heavy atom. The van der Waals surface area contributed by atoms with Gasteiger partial charge >= 0.3 is 5.97 Å². The minimum atomic E-state index is -1.26. The molecule has 0 aromatic heterocycles. The molecule has 2 aliphatic heterocycles. The number of carbonyl (C=O) groups is 2. The van der Waals surface area contributed by atoms with Crippen LogP contribution in [0, 0.1) is 28.6 Å². The van der Waals surface area contributed by atoms with Crippen molar-refractivity contribution < 1.29 is 44.2 Å². The van der Waals surface area contributed by atoms with Crippen LogP contribution in [-0.2, 0) is 23.8 Å². The average molecular weight is 535 g/mol. The van der Waals surface area contributed by atoms with Crippen LogP contribution < -0.4 is 0 Å². The molecule has 4 aliphatic carbocycles. The minimum Gasteiger partial charge on any atom is -0.458 e. The van der Waals surface area contributed by atoms with E-state index in [1.54, 1.807) is 13.0 Å². The summed E-state index contributed by atoms with van der Waals surface area (Å²) in [5.74, 6) is -0.497. The maximum atomic E-state index is 13.0. The van der Waals surface area contributed by atoms with E-state index < -0.39 is 46.6 Å². The second-order valence-corrected chi connectivity index (χ2v) is 13.3. The van der Waals surface area contributed by atoms with Crippen molar-refractivity contribution in [2.45, 2.75) is 120 Å². The summed E-state index contributed by atoms with van der Waals surface area (Å²) in [6.07, 6.45) is 4.39. The van der Waals surface area contributed by atoms with E-state index >= 15 is 0 Å². The van der Waals surface area contributed by atoms with Gasteiger partial charge in [-0.05, 0) is 81.6 Å². The Morgan fingerprint density at radius 2 is 1.79 bits per heavy atom. The van der Waals surface area contributed by atoms with Crippen molar-refractivity contribution in [3.63, 3.8) is 0 Å². The van der Waals surface area contributed by atoms with Gasteiger partial charge in [-0.1, -0.05) is 6.92 Å². The minimum absolute atomic E-state index is 0.0693. The second-order valence-electron chi connectivity index (χ2n) is 13.3. The Morgan fingerprint density at radius 1 is 1.03 bits per heavy atom. The highest BCUT2D eigenvalue weighted by molar-refractivity contribution is 5.85. The Labute approximate surface area is 223 Å². The predicted octanol–water partition coefficient (Wildman–Crippen LogP) is 1.78. The van der Waals surface area contributed by atoms with Gasteiger partial charge in [0.25, 0.3) is 0 Å². The molecule has 0 aromatic carbocycles. The van der Waals surface area contributed by atoms with E-state index in [4.69, 9.17) is 14.2 Å². The third kappa shape index (κ3) is 3.65. The molecule has 12 atom stereocenters. The summed E-state index contributed by atoms with van der Waals surface area (Å²) in [7, 11) is 0. The van der Waals surface area contributed by atoms with Crippen molar-refractivity contribution in [3.8, 4) is 0 Å². The van der Waals surface area contributed by atoms with Crippen LogP contribution in [0.2, 0.25) is 0 Å².